The summed E-state index contributed by atoms with van der Waals surface area (Å²) in [6.45, 7) is 6.46. The van der Waals surface area contributed by atoms with Gasteiger partial charge in [0.05, 0.1) is 0 Å². The number of nitrogens with zero attached hydrogens (tertiary/aromatic N) is 3. The molecule has 5 heteroatoms. The highest BCUT2D eigenvalue weighted by molar-refractivity contribution is 6.30. The monoisotopic (exact) mass is 268 g/mol. The van der Waals surface area contributed by atoms with Gasteiger partial charge in [-0.3, -0.25) is 0 Å². The molecular formula is C13H21ClN4. The number of hydrogen-bond acceptors (Lipinski definition) is 4. The van der Waals surface area contributed by atoms with Crippen LogP contribution in [-0.4, -0.2) is 41.3 Å². The zero-order chi connectivity index (χ0) is 13.1. The van der Waals surface area contributed by atoms with Crippen LogP contribution in [0.2, 0.25) is 5.15 Å². The number of piperidine rings is 1. The van der Waals surface area contributed by atoms with E-state index in [9.17, 15) is 0 Å². The van der Waals surface area contributed by atoms with Crippen molar-refractivity contribution < 1.29 is 0 Å². The molecule has 0 aliphatic carbocycles. The van der Waals surface area contributed by atoms with Crippen molar-refractivity contribution in [3.63, 3.8) is 0 Å². The van der Waals surface area contributed by atoms with Crippen molar-refractivity contribution in [1.82, 2.24) is 15.1 Å². The molecule has 0 saturated carbocycles. The number of anilines is 1. The molecule has 100 valence electrons. The summed E-state index contributed by atoms with van der Waals surface area (Å²) in [7, 11) is 2.15. The predicted octanol–water partition coefficient (Wildman–Crippen LogP) is 2.76. The Morgan fingerprint density at radius 1 is 1.44 bits per heavy atom. The van der Waals surface area contributed by atoms with Crippen LogP contribution < -0.4 is 5.32 Å². The predicted molar refractivity (Wildman–Crippen MR) is 75.3 cm³/mol. The van der Waals surface area contributed by atoms with E-state index in [1.54, 1.807) is 0 Å². The molecule has 1 atom stereocenters. The molecule has 1 saturated heterocycles. The molecule has 18 heavy (non-hydrogen) atoms. The lowest BCUT2D eigenvalue weighted by Crippen LogP contribution is -2.39. The van der Waals surface area contributed by atoms with E-state index in [-0.39, 0.29) is 0 Å². The van der Waals surface area contributed by atoms with E-state index in [2.05, 4.69) is 41.3 Å². The molecule has 1 aliphatic rings. The molecule has 2 heterocycles. The Bertz CT molecular complexity index is 408. The molecule has 0 spiro atoms. The molecule has 1 aromatic heterocycles. The quantitative estimate of drug-likeness (QED) is 0.915. The summed E-state index contributed by atoms with van der Waals surface area (Å²) < 4.78 is 0. The third-order valence-electron chi connectivity index (χ3n) is 3.37. The average Bonchev–Trinajstić information content (AvgIpc) is 2.31. The van der Waals surface area contributed by atoms with E-state index in [0.717, 1.165) is 17.9 Å². The van der Waals surface area contributed by atoms with Crippen molar-refractivity contribution in [1.29, 1.82) is 0 Å². The number of likely N-dealkylation sites (N-methyl/N-ethyl adjacent to an activating group) is 1. The second-order valence-electron chi connectivity index (χ2n) is 5.38. The fourth-order valence-corrected chi connectivity index (χ4v) is 2.67. The fraction of sp³-hybridized carbons (Fsp3) is 0.692. The molecule has 0 aromatic carbocycles. The zero-order valence-corrected chi connectivity index (χ0v) is 12.0. The smallest absolute Gasteiger partial charge is 0.155 e. The maximum atomic E-state index is 6.05. The summed E-state index contributed by atoms with van der Waals surface area (Å²) in [4.78, 5) is 2.34. The van der Waals surface area contributed by atoms with Gasteiger partial charge in [-0.15, -0.1) is 10.2 Å². The van der Waals surface area contributed by atoms with Gasteiger partial charge in [-0.05, 0) is 44.0 Å². The topological polar surface area (TPSA) is 41.0 Å². The first-order valence-electron chi connectivity index (χ1n) is 6.54. The SMILES string of the molecule is CC(C)c1cc(N[C@@H]2CCCN(C)C2)nnc1Cl. The van der Waals surface area contributed by atoms with Crippen molar-refractivity contribution in [3.8, 4) is 0 Å². The molecule has 2 rings (SSSR count). The molecule has 1 N–H and O–H groups in total. The highest BCUT2D eigenvalue weighted by atomic mass is 35.5. The van der Waals surface area contributed by atoms with Crippen LogP contribution >= 0.6 is 11.6 Å². The lowest BCUT2D eigenvalue weighted by molar-refractivity contribution is 0.260. The van der Waals surface area contributed by atoms with Crippen molar-refractivity contribution in [2.24, 2.45) is 0 Å². The van der Waals surface area contributed by atoms with Gasteiger partial charge < -0.3 is 10.2 Å². The first-order valence-corrected chi connectivity index (χ1v) is 6.92. The lowest BCUT2D eigenvalue weighted by Gasteiger charge is -2.30. The van der Waals surface area contributed by atoms with Crippen LogP contribution in [0.4, 0.5) is 5.82 Å². The second kappa shape index (κ2) is 5.85. The Morgan fingerprint density at radius 2 is 2.22 bits per heavy atom. The molecule has 1 aromatic rings. The van der Waals surface area contributed by atoms with Gasteiger partial charge in [0.2, 0.25) is 0 Å². The molecule has 1 fully saturated rings. The van der Waals surface area contributed by atoms with E-state index in [4.69, 9.17) is 11.6 Å². The van der Waals surface area contributed by atoms with Crippen molar-refractivity contribution in [3.05, 3.63) is 16.8 Å². The number of hydrogen-bond donors (Lipinski definition) is 1. The van der Waals surface area contributed by atoms with E-state index in [1.807, 2.05) is 6.07 Å². The Hall–Kier alpha value is -0.870. The van der Waals surface area contributed by atoms with Crippen LogP contribution in [-0.2, 0) is 0 Å². The van der Waals surface area contributed by atoms with Crippen LogP contribution in [0, 0.1) is 0 Å². The lowest BCUT2D eigenvalue weighted by atomic mass is 10.0. The number of likely N-dealkylation sites (tertiary alicyclic amines) is 1. The van der Waals surface area contributed by atoms with Crippen molar-refractivity contribution >= 4 is 17.4 Å². The highest BCUT2D eigenvalue weighted by Gasteiger charge is 2.18. The first kappa shape index (κ1) is 13.6. The van der Waals surface area contributed by atoms with Gasteiger partial charge in [0, 0.05) is 12.6 Å². The highest BCUT2D eigenvalue weighted by Crippen LogP contribution is 2.24. The van der Waals surface area contributed by atoms with Crippen LogP contribution in [0.3, 0.4) is 0 Å². The van der Waals surface area contributed by atoms with Crippen molar-refractivity contribution in [2.45, 2.75) is 38.6 Å². The normalized spacial score (nSPS) is 21.3. The van der Waals surface area contributed by atoms with Gasteiger partial charge >= 0.3 is 0 Å². The summed E-state index contributed by atoms with van der Waals surface area (Å²) in [6.07, 6.45) is 2.41. The molecular weight excluding hydrogens is 248 g/mol. The number of halogens is 1. The summed E-state index contributed by atoms with van der Waals surface area (Å²) in [6, 6.07) is 2.48. The first-order chi connectivity index (χ1) is 8.56. The summed E-state index contributed by atoms with van der Waals surface area (Å²) >= 11 is 6.05. The fourth-order valence-electron chi connectivity index (χ4n) is 2.36. The van der Waals surface area contributed by atoms with Gasteiger partial charge in [0.1, 0.15) is 5.82 Å². The standard InChI is InChI=1S/C13H21ClN4/c1-9(2)11-7-12(16-17-13(11)14)15-10-5-4-6-18(3)8-10/h7,9-10H,4-6,8H2,1-3H3,(H,15,16)/t10-/m1/s1. The van der Waals surface area contributed by atoms with Crippen molar-refractivity contribution in [2.75, 3.05) is 25.5 Å². The van der Waals surface area contributed by atoms with E-state index in [1.165, 1.54) is 19.4 Å². The van der Waals surface area contributed by atoms with E-state index >= 15 is 0 Å². The zero-order valence-electron chi connectivity index (χ0n) is 11.3. The second-order valence-corrected chi connectivity index (χ2v) is 5.73. The number of aromatic nitrogens is 2. The molecule has 0 bridgehead atoms. The van der Waals surface area contributed by atoms with Crippen LogP contribution in [0.5, 0.6) is 0 Å². The third kappa shape index (κ3) is 3.33. The maximum absolute atomic E-state index is 6.05. The van der Waals surface area contributed by atoms with Crippen LogP contribution in [0.15, 0.2) is 6.07 Å². The van der Waals surface area contributed by atoms with Gasteiger partial charge in [-0.25, -0.2) is 0 Å². The van der Waals surface area contributed by atoms with E-state index < -0.39 is 0 Å². The minimum Gasteiger partial charge on any atom is -0.365 e. The van der Waals surface area contributed by atoms with Gasteiger partial charge in [0.15, 0.2) is 5.15 Å². The maximum Gasteiger partial charge on any atom is 0.155 e. The molecule has 1 aliphatic heterocycles. The minimum absolute atomic E-state index is 0.363. The Balaban J connectivity index is 2.07. The summed E-state index contributed by atoms with van der Waals surface area (Å²) in [5.74, 6) is 1.20. The molecule has 0 amide bonds. The van der Waals surface area contributed by atoms with Gasteiger partial charge in [-0.1, -0.05) is 25.4 Å². The molecule has 0 unspecified atom stereocenters. The number of nitrogens with one attached hydrogen (secondary N) is 1. The van der Waals surface area contributed by atoms with E-state index in [0.29, 0.717) is 17.1 Å². The Morgan fingerprint density at radius 3 is 2.89 bits per heavy atom. The largest absolute Gasteiger partial charge is 0.365 e. The molecule has 4 nitrogen and oxygen atoms in total. The Kier molecular flexibility index (Phi) is 4.40. The third-order valence-corrected chi connectivity index (χ3v) is 3.67. The summed E-state index contributed by atoms with van der Waals surface area (Å²) in [5, 5.41) is 12.1. The van der Waals surface area contributed by atoms with Crippen LogP contribution in [0.1, 0.15) is 38.2 Å². The van der Waals surface area contributed by atoms with Crippen LogP contribution in [0.25, 0.3) is 0 Å². The number of rotatable bonds is 3. The van der Waals surface area contributed by atoms with Gasteiger partial charge in [0.25, 0.3) is 0 Å². The molecule has 0 radical (unpaired) electrons. The summed E-state index contributed by atoms with van der Waals surface area (Å²) in [5.41, 5.74) is 1.05. The minimum atomic E-state index is 0.363. The average molecular weight is 269 g/mol. The Labute approximate surface area is 114 Å². The van der Waals surface area contributed by atoms with Gasteiger partial charge in [-0.2, -0.15) is 0 Å².